The zero-order valence-corrected chi connectivity index (χ0v) is 7.63. The van der Waals surface area contributed by atoms with E-state index in [0.29, 0.717) is 0 Å². The van der Waals surface area contributed by atoms with E-state index in [9.17, 15) is 4.79 Å². The van der Waals surface area contributed by atoms with Crippen LogP contribution in [0, 0.1) is 0 Å². The van der Waals surface area contributed by atoms with E-state index in [4.69, 9.17) is 9.84 Å². The van der Waals surface area contributed by atoms with Crippen molar-refractivity contribution in [2.45, 2.75) is 0 Å². The van der Waals surface area contributed by atoms with Crippen LogP contribution in [-0.4, -0.2) is 31.6 Å². The average Bonchev–Trinajstić information content (AvgIpc) is 1.97. The minimum absolute atomic E-state index is 0.0361. The summed E-state index contributed by atoms with van der Waals surface area (Å²) in [6, 6.07) is 0. The van der Waals surface area contributed by atoms with Crippen LogP contribution in [0.2, 0.25) is 0 Å². The van der Waals surface area contributed by atoms with Crippen molar-refractivity contribution in [1.29, 1.82) is 0 Å². The van der Waals surface area contributed by atoms with E-state index < -0.39 is 5.97 Å². The fraction of sp³-hybridized carbons (Fsp3) is 0.500. The molecule has 0 spiro atoms. The van der Waals surface area contributed by atoms with E-state index >= 15 is 0 Å². The Hall–Kier alpha value is -0.390. The molecule has 0 bridgehead atoms. The summed E-state index contributed by atoms with van der Waals surface area (Å²) in [5, 5.41) is 8.45. The Morgan fingerprint density at radius 3 is 2.73 bits per heavy atom. The highest BCUT2D eigenvalue weighted by Crippen LogP contribution is 1.99. The number of halogens is 1. The minimum atomic E-state index is -1.00. The summed E-state index contributed by atoms with van der Waals surface area (Å²) in [5.41, 5.74) is 0.155. The molecule has 0 aromatic rings. The Kier molecular flexibility index (Phi) is 6.10. The fourth-order valence-corrected chi connectivity index (χ4v) is 0.703. The molecule has 0 saturated carbocycles. The van der Waals surface area contributed by atoms with Gasteiger partial charge in [0.05, 0.1) is 12.2 Å². The molecule has 0 aromatic carbocycles. The highest BCUT2D eigenvalue weighted by molar-refractivity contribution is 9.11. The van der Waals surface area contributed by atoms with E-state index in [1.165, 1.54) is 12.1 Å². The van der Waals surface area contributed by atoms with Gasteiger partial charge in [-0.15, -0.1) is 0 Å². The Labute approximate surface area is 72.9 Å². The van der Waals surface area contributed by atoms with Crippen LogP contribution in [0.25, 0.3) is 0 Å². The number of carboxylic acid groups (broad SMARTS) is 1. The van der Waals surface area contributed by atoms with Crippen LogP contribution in [0.15, 0.2) is 10.6 Å². The van der Waals surface area contributed by atoms with Crippen molar-refractivity contribution < 1.29 is 19.4 Å². The first-order valence-electron chi connectivity index (χ1n) is 2.81. The van der Waals surface area contributed by atoms with Gasteiger partial charge in [-0.05, 0) is 4.99 Å². The first kappa shape index (κ1) is 10.6. The van der Waals surface area contributed by atoms with Crippen LogP contribution in [0.3, 0.4) is 0 Å². The third-order valence-electron chi connectivity index (χ3n) is 0.865. The van der Waals surface area contributed by atoms with Gasteiger partial charge in [0.15, 0.2) is 0 Å². The van der Waals surface area contributed by atoms with Crippen molar-refractivity contribution in [3.05, 3.63) is 10.6 Å². The molecule has 64 valence electrons. The van der Waals surface area contributed by atoms with Crippen LogP contribution in [0.4, 0.5) is 0 Å². The summed E-state index contributed by atoms with van der Waals surface area (Å²) in [7, 11) is 1.47. The molecule has 0 radical (unpaired) electrons. The lowest BCUT2D eigenvalue weighted by Gasteiger charge is -2.01. The lowest BCUT2D eigenvalue weighted by atomic mass is 10.3. The number of carboxylic acids is 1. The summed E-state index contributed by atoms with van der Waals surface area (Å²) < 4.78 is 9.35. The molecule has 0 fully saturated rings. The molecule has 0 aliphatic carbocycles. The lowest BCUT2D eigenvalue weighted by molar-refractivity contribution is -0.133. The normalized spacial score (nSPS) is 11.6. The van der Waals surface area contributed by atoms with Gasteiger partial charge in [-0.1, -0.05) is 15.9 Å². The Balaban J connectivity index is 3.63. The Morgan fingerprint density at radius 1 is 1.73 bits per heavy atom. The fourth-order valence-electron chi connectivity index (χ4n) is 0.375. The van der Waals surface area contributed by atoms with Gasteiger partial charge in [-0.3, -0.25) is 0 Å². The number of methoxy groups -OCH3 is 1. The molecular weight excluding hydrogens is 216 g/mol. The Morgan fingerprint density at radius 2 is 2.36 bits per heavy atom. The number of carbonyl (C=O) groups is 1. The molecule has 0 atom stereocenters. The zero-order chi connectivity index (χ0) is 8.69. The van der Waals surface area contributed by atoms with Crippen LogP contribution in [0.5, 0.6) is 0 Å². The molecule has 4 nitrogen and oxygen atoms in total. The number of aliphatic carboxylic acids is 1. The molecule has 0 aliphatic rings. The van der Waals surface area contributed by atoms with Gasteiger partial charge < -0.3 is 14.6 Å². The maximum atomic E-state index is 10.3. The van der Waals surface area contributed by atoms with Gasteiger partial charge in [0, 0.05) is 7.11 Å². The molecule has 0 heterocycles. The molecule has 0 amide bonds. The quantitative estimate of drug-likeness (QED) is 0.430. The maximum Gasteiger partial charge on any atom is 0.334 e. The largest absolute Gasteiger partial charge is 0.478 e. The molecule has 5 heteroatoms. The minimum Gasteiger partial charge on any atom is -0.478 e. The van der Waals surface area contributed by atoms with Crippen LogP contribution in [0.1, 0.15) is 0 Å². The van der Waals surface area contributed by atoms with Crippen molar-refractivity contribution >= 4 is 21.9 Å². The topological polar surface area (TPSA) is 55.8 Å². The predicted octanol–water partition coefficient (Wildman–Crippen LogP) is 0.970. The molecule has 0 unspecified atom stereocenters. The van der Waals surface area contributed by atoms with Gasteiger partial charge in [0.2, 0.25) is 0 Å². The standard InChI is InChI=1S/C6H9BrO4/c1-10-4-11-3-5(2-7)6(8)9/h2H,3-4H2,1H3,(H,8,9). The third-order valence-corrected chi connectivity index (χ3v) is 1.42. The second-order valence-corrected chi connectivity index (χ2v) is 2.15. The molecule has 0 rings (SSSR count). The van der Waals surface area contributed by atoms with E-state index in [1.807, 2.05) is 0 Å². The first-order chi connectivity index (χ1) is 5.22. The summed E-state index contributed by atoms with van der Waals surface area (Å²) in [5.74, 6) is -1.00. The second-order valence-electron chi connectivity index (χ2n) is 1.69. The lowest BCUT2D eigenvalue weighted by Crippen LogP contribution is -2.08. The molecule has 0 aliphatic heterocycles. The Bertz CT molecular complexity index is 155. The van der Waals surface area contributed by atoms with Crippen molar-refractivity contribution in [2.75, 3.05) is 20.5 Å². The van der Waals surface area contributed by atoms with Gasteiger partial charge in [0.25, 0.3) is 0 Å². The molecule has 11 heavy (non-hydrogen) atoms. The molecule has 0 saturated heterocycles. The van der Waals surface area contributed by atoms with Crippen LogP contribution < -0.4 is 0 Å². The molecule has 0 aromatic heterocycles. The van der Waals surface area contributed by atoms with E-state index in [0.717, 1.165) is 0 Å². The molecular formula is C6H9BrO4. The SMILES string of the molecule is COCOCC(=CBr)C(=O)O. The van der Waals surface area contributed by atoms with Gasteiger partial charge in [-0.2, -0.15) is 0 Å². The van der Waals surface area contributed by atoms with Crippen LogP contribution >= 0.6 is 15.9 Å². The summed E-state index contributed by atoms with van der Waals surface area (Å²) in [6.45, 7) is 0.131. The number of hydrogen-bond acceptors (Lipinski definition) is 3. The summed E-state index contributed by atoms with van der Waals surface area (Å²) >= 11 is 2.90. The number of ether oxygens (including phenoxy) is 2. The smallest absolute Gasteiger partial charge is 0.334 e. The predicted molar refractivity (Wildman–Crippen MR) is 42.5 cm³/mol. The van der Waals surface area contributed by atoms with Gasteiger partial charge in [0.1, 0.15) is 6.79 Å². The van der Waals surface area contributed by atoms with E-state index in [1.54, 1.807) is 0 Å². The van der Waals surface area contributed by atoms with Gasteiger partial charge >= 0.3 is 5.97 Å². The summed E-state index contributed by atoms with van der Waals surface area (Å²) in [6.07, 6.45) is 0. The maximum absolute atomic E-state index is 10.3. The first-order valence-corrected chi connectivity index (χ1v) is 3.73. The van der Waals surface area contributed by atoms with Crippen molar-refractivity contribution in [3.63, 3.8) is 0 Å². The monoisotopic (exact) mass is 224 g/mol. The third kappa shape index (κ3) is 4.94. The van der Waals surface area contributed by atoms with Crippen molar-refractivity contribution in [2.24, 2.45) is 0 Å². The highest BCUT2D eigenvalue weighted by Gasteiger charge is 2.05. The highest BCUT2D eigenvalue weighted by atomic mass is 79.9. The average molecular weight is 225 g/mol. The second kappa shape index (κ2) is 6.33. The zero-order valence-electron chi connectivity index (χ0n) is 6.04. The van der Waals surface area contributed by atoms with Crippen molar-refractivity contribution in [3.8, 4) is 0 Å². The van der Waals surface area contributed by atoms with Crippen molar-refractivity contribution in [1.82, 2.24) is 0 Å². The molecule has 1 N–H and O–H groups in total. The van der Waals surface area contributed by atoms with Crippen LogP contribution in [-0.2, 0) is 14.3 Å². The van der Waals surface area contributed by atoms with E-state index in [-0.39, 0.29) is 19.0 Å². The van der Waals surface area contributed by atoms with E-state index in [2.05, 4.69) is 20.7 Å². The number of hydrogen-bond donors (Lipinski definition) is 1. The summed E-state index contributed by atoms with van der Waals surface area (Å²) in [4.78, 5) is 11.6. The number of rotatable bonds is 5. The van der Waals surface area contributed by atoms with Gasteiger partial charge in [-0.25, -0.2) is 4.79 Å².